The molecule has 0 amide bonds. The highest BCUT2D eigenvalue weighted by Crippen LogP contribution is 2.27. The predicted molar refractivity (Wildman–Crippen MR) is 100 cm³/mol. The van der Waals surface area contributed by atoms with Crippen molar-refractivity contribution in [2.75, 3.05) is 25.1 Å². The van der Waals surface area contributed by atoms with Crippen molar-refractivity contribution in [2.45, 2.75) is 25.8 Å². The number of aromatic nitrogens is 4. The van der Waals surface area contributed by atoms with Gasteiger partial charge in [-0.3, -0.25) is 4.98 Å². The lowest BCUT2D eigenvalue weighted by Crippen LogP contribution is -2.23. The van der Waals surface area contributed by atoms with Gasteiger partial charge in [0.25, 0.3) is 0 Å². The molecule has 26 heavy (non-hydrogen) atoms. The number of aliphatic hydroxyl groups is 1. The van der Waals surface area contributed by atoms with Crippen molar-refractivity contribution < 1.29 is 13.5 Å². The average Bonchev–Trinajstić information content (AvgIpc) is 2.93. The van der Waals surface area contributed by atoms with Crippen LogP contribution in [0.2, 0.25) is 0 Å². The summed E-state index contributed by atoms with van der Waals surface area (Å²) in [5.41, 5.74) is 8.85. The monoisotopic (exact) mass is 378 g/mol. The highest BCUT2D eigenvalue weighted by atomic mass is 32.2. The number of unbranched alkanes of at least 4 members (excludes halogenated alkanes) is 1. The Bertz CT molecular complexity index is 1030. The number of nitrogens with zero attached hydrogens (tertiary/aromatic N) is 4. The average molecular weight is 378 g/mol. The minimum Gasteiger partial charge on any atom is -0.396 e. The Morgan fingerprint density at radius 1 is 1.27 bits per heavy atom. The molecule has 4 N–H and O–H groups in total. The maximum Gasteiger partial charge on any atom is 0.208 e. The van der Waals surface area contributed by atoms with Gasteiger partial charge in [-0.15, -0.1) is 0 Å². The minimum absolute atomic E-state index is 0.0301. The third-order valence-electron chi connectivity index (χ3n) is 4.05. The molecule has 0 unspecified atom stereocenters. The summed E-state index contributed by atoms with van der Waals surface area (Å²) in [6, 6.07) is 3.64. The summed E-state index contributed by atoms with van der Waals surface area (Å²) in [4.78, 5) is 13.3. The summed E-state index contributed by atoms with van der Waals surface area (Å²) in [5, 5.41) is 9.36. The van der Waals surface area contributed by atoms with Crippen LogP contribution in [0.25, 0.3) is 22.1 Å². The molecule has 0 saturated carbocycles. The first-order valence-corrected chi connectivity index (χ1v) is 10.2. The maximum atomic E-state index is 11.1. The Hall–Kier alpha value is -2.30. The fourth-order valence-electron chi connectivity index (χ4n) is 2.95. The van der Waals surface area contributed by atoms with Crippen LogP contribution in [0, 0.1) is 0 Å². The van der Waals surface area contributed by atoms with E-state index >= 15 is 0 Å². The zero-order valence-corrected chi connectivity index (χ0v) is 15.3. The summed E-state index contributed by atoms with van der Waals surface area (Å²) >= 11 is 0. The Balaban J connectivity index is 1.95. The molecule has 0 aliphatic rings. The van der Waals surface area contributed by atoms with Crippen LogP contribution in [0.3, 0.4) is 0 Å². The van der Waals surface area contributed by atoms with Gasteiger partial charge in [-0.25, -0.2) is 23.1 Å². The Morgan fingerprint density at radius 2 is 2.08 bits per heavy atom. The summed E-state index contributed by atoms with van der Waals surface area (Å²) in [6.45, 7) is 0.966. The number of nitrogens with one attached hydrogen (secondary N) is 1. The van der Waals surface area contributed by atoms with E-state index in [1.807, 2.05) is 10.6 Å². The van der Waals surface area contributed by atoms with Gasteiger partial charge in [-0.2, -0.15) is 0 Å². The highest BCUT2D eigenvalue weighted by Gasteiger charge is 2.17. The molecule has 3 rings (SSSR count). The number of hydrogen-bond acceptors (Lipinski definition) is 7. The summed E-state index contributed by atoms with van der Waals surface area (Å²) in [6.07, 6.45) is 4.65. The molecule has 0 atom stereocenters. The quantitative estimate of drug-likeness (QED) is 0.483. The van der Waals surface area contributed by atoms with E-state index in [1.54, 1.807) is 12.3 Å². The Labute approximate surface area is 151 Å². The third kappa shape index (κ3) is 3.92. The van der Waals surface area contributed by atoms with Crippen molar-refractivity contribution in [3.05, 3.63) is 24.2 Å². The van der Waals surface area contributed by atoms with Crippen LogP contribution in [-0.4, -0.2) is 52.5 Å². The van der Waals surface area contributed by atoms with Crippen LogP contribution in [0.5, 0.6) is 0 Å². The number of nitrogen functional groups attached to an aromatic ring is 1. The lowest BCUT2D eigenvalue weighted by Gasteiger charge is -2.10. The molecule has 3 aromatic heterocycles. The summed E-state index contributed by atoms with van der Waals surface area (Å²) in [7, 11) is -3.18. The molecule has 0 bridgehead atoms. The Kier molecular flexibility index (Phi) is 5.35. The number of rotatable bonds is 8. The number of nitrogens with two attached hydrogens (primary N) is 1. The molecule has 9 nitrogen and oxygen atoms in total. The van der Waals surface area contributed by atoms with Gasteiger partial charge in [0.15, 0.2) is 5.82 Å². The molecule has 10 heteroatoms. The molecule has 0 aromatic carbocycles. The van der Waals surface area contributed by atoms with Gasteiger partial charge in [-0.05, 0) is 25.0 Å². The first kappa shape index (κ1) is 18.5. The fraction of sp³-hybridized carbons (Fsp3) is 0.438. The lowest BCUT2D eigenvalue weighted by molar-refractivity contribution is 0.294. The number of aliphatic hydroxyl groups excluding tert-OH is 1. The van der Waals surface area contributed by atoms with E-state index < -0.39 is 10.0 Å². The molecule has 0 spiro atoms. The van der Waals surface area contributed by atoms with Crippen LogP contribution < -0.4 is 10.5 Å². The first-order chi connectivity index (χ1) is 12.4. The molecule has 0 saturated heterocycles. The van der Waals surface area contributed by atoms with E-state index in [9.17, 15) is 13.5 Å². The van der Waals surface area contributed by atoms with E-state index in [4.69, 9.17) is 5.73 Å². The SMILES string of the molecule is CS(=O)(=O)NCCCCn1c(CCO)nc2c(N)nc3cccnc3c21. The molecule has 3 aromatic rings. The van der Waals surface area contributed by atoms with Gasteiger partial charge in [0, 0.05) is 25.7 Å². The van der Waals surface area contributed by atoms with Gasteiger partial charge >= 0.3 is 0 Å². The molecular formula is C16H22N6O3S. The number of sulfonamides is 1. The van der Waals surface area contributed by atoms with Crippen LogP contribution in [0.4, 0.5) is 5.82 Å². The molecule has 140 valence electrons. The van der Waals surface area contributed by atoms with E-state index in [-0.39, 0.29) is 6.61 Å². The van der Waals surface area contributed by atoms with Crippen molar-refractivity contribution in [2.24, 2.45) is 0 Å². The second-order valence-electron chi connectivity index (χ2n) is 6.09. The molecule has 0 aliphatic heterocycles. The number of hydrogen-bond donors (Lipinski definition) is 3. The van der Waals surface area contributed by atoms with E-state index in [2.05, 4.69) is 19.7 Å². The topological polar surface area (TPSA) is 136 Å². The Morgan fingerprint density at radius 3 is 2.81 bits per heavy atom. The number of pyridine rings is 2. The summed E-state index contributed by atoms with van der Waals surface area (Å²) < 4.78 is 26.8. The molecule has 0 radical (unpaired) electrons. The largest absolute Gasteiger partial charge is 0.396 e. The fourth-order valence-corrected chi connectivity index (χ4v) is 3.47. The number of aryl methyl sites for hydroxylation is 1. The van der Waals surface area contributed by atoms with Crippen LogP contribution in [0.1, 0.15) is 18.7 Å². The highest BCUT2D eigenvalue weighted by molar-refractivity contribution is 7.88. The van der Waals surface area contributed by atoms with Crippen molar-refractivity contribution in [3.63, 3.8) is 0 Å². The van der Waals surface area contributed by atoms with Crippen LogP contribution in [0.15, 0.2) is 18.3 Å². The van der Waals surface area contributed by atoms with Gasteiger partial charge in [0.1, 0.15) is 22.4 Å². The summed E-state index contributed by atoms with van der Waals surface area (Å²) in [5.74, 6) is 1.04. The number of imidazole rings is 1. The van der Waals surface area contributed by atoms with Crippen molar-refractivity contribution in [3.8, 4) is 0 Å². The maximum absolute atomic E-state index is 11.1. The third-order valence-corrected chi connectivity index (χ3v) is 4.78. The molecular weight excluding hydrogens is 356 g/mol. The smallest absolute Gasteiger partial charge is 0.208 e. The van der Waals surface area contributed by atoms with Gasteiger partial charge in [0.05, 0.1) is 18.4 Å². The van der Waals surface area contributed by atoms with E-state index in [0.29, 0.717) is 54.1 Å². The van der Waals surface area contributed by atoms with Gasteiger partial charge < -0.3 is 15.4 Å². The van der Waals surface area contributed by atoms with Crippen molar-refractivity contribution in [1.82, 2.24) is 24.2 Å². The molecule has 0 aliphatic carbocycles. The molecule has 3 heterocycles. The van der Waals surface area contributed by atoms with Crippen LogP contribution in [-0.2, 0) is 23.0 Å². The second-order valence-corrected chi connectivity index (χ2v) is 7.93. The van der Waals surface area contributed by atoms with Gasteiger partial charge in [-0.1, -0.05) is 0 Å². The van der Waals surface area contributed by atoms with E-state index in [0.717, 1.165) is 18.2 Å². The zero-order chi connectivity index (χ0) is 18.7. The van der Waals surface area contributed by atoms with E-state index in [1.165, 1.54) is 0 Å². The first-order valence-electron chi connectivity index (χ1n) is 8.35. The second kappa shape index (κ2) is 7.52. The van der Waals surface area contributed by atoms with Crippen molar-refractivity contribution in [1.29, 1.82) is 0 Å². The minimum atomic E-state index is -3.18. The predicted octanol–water partition coefficient (Wildman–Crippen LogP) is 0.426. The van der Waals surface area contributed by atoms with Gasteiger partial charge in [0.2, 0.25) is 10.0 Å². The number of fused-ring (bicyclic) bond motifs is 3. The van der Waals surface area contributed by atoms with Crippen LogP contribution >= 0.6 is 0 Å². The standard InChI is InChI=1S/C16H22N6O3S/c1-26(24,25)19-8-2-3-9-22-12(6-10-23)21-14-15(22)13-11(20-16(14)17)5-4-7-18-13/h4-5,7,19,23H,2-3,6,8-10H2,1H3,(H2,17,20). The van der Waals surface area contributed by atoms with Crippen molar-refractivity contribution >= 4 is 37.9 Å². The normalized spacial score (nSPS) is 12.2. The molecule has 0 fully saturated rings. The number of anilines is 1. The zero-order valence-electron chi connectivity index (χ0n) is 14.5. The lowest BCUT2D eigenvalue weighted by atomic mass is 10.2.